The zero-order chi connectivity index (χ0) is 14.7. The number of methoxy groups -OCH3 is 1. The number of piperidine rings is 1. The van der Waals surface area contributed by atoms with Crippen LogP contribution in [0.15, 0.2) is 12.1 Å². The fraction of sp³-hybridized carbons (Fsp3) is 0.615. The van der Waals surface area contributed by atoms with E-state index in [4.69, 9.17) is 10.5 Å². The molecule has 1 fully saturated rings. The van der Waals surface area contributed by atoms with Gasteiger partial charge in [0.25, 0.3) is 0 Å². The smallest absolute Gasteiger partial charge is 0.311 e. The van der Waals surface area contributed by atoms with Gasteiger partial charge in [0.1, 0.15) is 0 Å². The van der Waals surface area contributed by atoms with E-state index >= 15 is 0 Å². The molecule has 0 aliphatic carbocycles. The number of pyridine rings is 1. The molecule has 110 valence electrons. The van der Waals surface area contributed by atoms with Crippen molar-refractivity contribution in [3.8, 4) is 5.88 Å². The fourth-order valence-corrected chi connectivity index (χ4v) is 2.76. The van der Waals surface area contributed by atoms with Crippen LogP contribution in [0.3, 0.4) is 0 Å². The summed E-state index contributed by atoms with van der Waals surface area (Å²) >= 11 is 0. The molecular formula is C13H20N4O3. The van der Waals surface area contributed by atoms with E-state index in [0.717, 1.165) is 19.4 Å². The van der Waals surface area contributed by atoms with Crippen molar-refractivity contribution in [1.29, 1.82) is 0 Å². The third kappa shape index (κ3) is 2.67. The third-order valence-electron chi connectivity index (χ3n) is 3.86. The van der Waals surface area contributed by atoms with E-state index in [0.29, 0.717) is 24.2 Å². The second-order valence-corrected chi connectivity index (χ2v) is 5.07. The standard InChI is InChI=1S/C13H20N4O3/c1-9-4-3-7-16(11(9)8-14)13-10(17(18)19)5-6-12(15-13)20-2/h5-6,9,11H,3-4,7-8,14H2,1-2H3. The third-order valence-corrected chi connectivity index (χ3v) is 3.86. The van der Waals surface area contributed by atoms with Gasteiger partial charge in [0.2, 0.25) is 11.7 Å². The first-order valence-electron chi connectivity index (χ1n) is 6.74. The van der Waals surface area contributed by atoms with Gasteiger partial charge in [0.05, 0.1) is 12.0 Å². The fourth-order valence-electron chi connectivity index (χ4n) is 2.76. The lowest BCUT2D eigenvalue weighted by molar-refractivity contribution is -0.384. The van der Waals surface area contributed by atoms with Gasteiger partial charge in [0.15, 0.2) is 0 Å². The highest BCUT2D eigenvalue weighted by atomic mass is 16.6. The molecule has 0 bridgehead atoms. The minimum atomic E-state index is -0.408. The number of rotatable bonds is 4. The van der Waals surface area contributed by atoms with E-state index in [2.05, 4.69) is 11.9 Å². The molecule has 1 aliphatic rings. The second kappa shape index (κ2) is 6.04. The van der Waals surface area contributed by atoms with Gasteiger partial charge >= 0.3 is 5.69 Å². The van der Waals surface area contributed by atoms with Crippen LogP contribution in [0, 0.1) is 16.0 Å². The molecule has 20 heavy (non-hydrogen) atoms. The van der Waals surface area contributed by atoms with Crippen molar-refractivity contribution in [2.24, 2.45) is 11.7 Å². The monoisotopic (exact) mass is 280 g/mol. The number of nitrogens with zero attached hydrogens (tertiary/aromatic N) is 3. The van der Waals surface area contributed by atoms with Crippen molar-refractivity contribution in [1.82, 2.24) is 4.98 Å². The van der Waals surface area contributed by atoms with Crippen LogP contribution in [0.5, 0.6) is 5.88 Å². The van der Waals surface area contributed by atoms with Crippen molar-refractivity contribution in [3.63, 3.8) is 0 Å². The summed E-state index contributed by atoms with van der Waals surface area (Å²) in [5.74, 6) is 1.12. The zero-order valence-corrected chi connectivity index (χ0v) is 11.8. The lowest BCUT2D eigenvalue weighted by Crippen LogP contribution is -2.49. The number of hydrogen-bond acceptors (Lipinski definition) is 6. The largest absolute Gasteiger partial charge is 0.481 e. The predicted octanol–water partition coefficient (Wildman–Crippen LogP) is 1.56. The summed E-state index contributed by atoms with van der Waals surface area (Å²) in [7, 11) is 1.50. The molecule has 0 amide bonds. The number of ether oxygens (including phenoxy) is 1. The lowest BCUT2D eigenvalue weighted by Gasteiger charge is -2.39. The average molecular weight is 280 g/mol. The van der Waals surface area contributed by atoms with E-state index in [1.54, 1.807) is 0 Å². The highest BCUT2D eigenvalue weighted by molar-refractivity contribution is 5.60. The van der Waals surface area contributed by atoms with E-state index in [9.17, 15) is 10.1 Å². The Kier molecular flexibility index (Phi) is 4.39. The number of nitro groups is 1. The molecule has 1 aromatic rings. The maximum atomic E-state index is 11.2. The molecule has 0 saturated carbocycles. The molecule has 1 saturated heterocycles. The number of aromatic nitrogens is 1. The first-order chi connectivity index (χ1) is 9.58. The average Bonchev–Trinajstić information content (AvgIpc) is 2.46. The first kappa shape index (κ1) is 14.5. The van der Waals surface area contributed by atoms with E-state index < -0.39 is 4.92 Å². The van der Waals surface area contributed by atoms with Gasteiger partial charge in [-0.2, -0.15) is 4.98 Å². The maximum Gasteiger partial charge on any atom is 0.311 e. The Labute approximate surface area is 117 Å². The molecule has 2 unspecified atom stereocenters. The van der Waals surface area contributed by atoms with Crippen LogP contribution >= 0.6 is 0 Å². The predicted molar refractivity (Wildman–Crippen MR) is 76.0 cm³/mol. The van der Waals surface area contributed by atoms with E-state index in [1.807, 2.05) is 4.90 Å². The van der Waals surface area contributed by atoms with Crippen molar-refractivity contribution in [2.75, 3.05) is 25.1 Å². The molecule has 0 aromatic carbocycles. The van der Waals surface area contributed by atoms with Gasteiger partial charge < -0.3 is 15.4 Å². The molecule has 0 spiro atoms. The second-order valence-electron chi connectivity index (χ2n) is 5.07. The van der Waals surface area contributed by atoms with Crippen molar-refractivity contribution < 1.29 is 9.66 Å². The van der Waals surface area contributed by atoms with E-state index in [1.165, 1.54) is 19.2 Å². The molecule has 0 radical (unpaired) electrons. The summed E-state index contributed by atoms with van der Waals surface area (Å²) in [5.41, 5.74) is 5.85. The number of hydrogen-bond donors (Lipinski definition) is 1. The van der Waals surface area contributed by atoms with Gasteiger partial charge in [-0.25, -0.2) is 0 Å². The summed E-state index contributed by atoms with van der Waals surface area (Å²) in [6.07, 6.45) is 2.06. The van der Waals surface area contributed by atoms with Crippen LogP contribution in [-0.2, 0) is 0 Å². The Morgan fingerprint density at radius 2 is 2.35 bits per heavy atom. The van der Waals surface area contributed by atoms with Gasteiger partial charge in [-0.05, 0) is 18.8 Å². The molecule has 2 N–H and O–H groups in total. The van der Waals surface area contributed by atoms with Crippen LogP contribution in [0.4, 0.5) is 11.5 Å². The molecule has 2 atom stereocenters. The summed E-state index contributed by atoms with van der Waals surface area (Å²) < 4.78 is 5.08. The number of anilines is 1. The molecule has 7 heteroatoms. The Bertz CT molecular complexity index is 495. The van der Waals surface area contributed by atoms with Crippen LogP contribution in [0.2, 0.25) is 0 Å². The van der Waals surface area contributed by atoms with Crippen molar-refractivity contribution in [3.05, 3.63) is 22.2 Å². The molecule has 1 aliphatic heterocycles. The summed E-state index contributed by atoms with van der Waals surface area (Å²) in [6.45, 7) is 3.31. The molecular weight excluding hydrogens is 260 g/mol. The van der Waals surface area contributed by atoms with E-state index in [-0.39, 0.29) is 11.7 Å². The minimum absolute atomic E-state index is 0.00153. The SMILES string of the molecule is COc1ccc([N+](=O)[O-])c(N2CCCC(C)C2CN)n1. The topological polar surface area (TPSA) is 94.5 Å². The highest BCUT2D eigenvalue weighted by Gasteiger charge is 2.32. The number of nitrogens with two attached hydrogens (primary N) is 1. The Morgan fingerprint density at radius 3 is 2.95 bits per heavy atom. The quantitative estimate of drug-likeness (QED) is 0.664. The van der Waals surface area contributed by atoms with Crippen molar-refractivity contribution in [2.45, 2.75) is 25.8 Å². The maximum absolute atomic E-state index is 11.2. The highest BCUT2D eigenvalue weighted by Crippen LogP contribution is 2.34. The Morgan fingerprint density at radius 1 is 1.60 bits per heavy atom. The first-order valence-corrected chi connectivity index (χ1v) is 6.74. The summed E-state index contributed by atoms with van der Waals surface area (Å²) in [4.78, 5) is 17.0. The van der Waals surface area contributed by atoms with Crippen LogP contribution in [-0.4, -0.2) is 36.1 Å². The van der Waals surface area contributed by atoms with Gasteiger partial charge in [-0.15, -0.1) is 0 Å². The van der Waals surface area contributed by atoms with Gasteiger partial charge in [-0.1, -0.05) is 6.92 Å². The van der Waals surface area contributed by atoms with Crippen molar-refractivity contribution >= 4 is 11.5 Å². The molecule has 7 nitrogen and oxygen atoms in total. The Hall–Kier alpha value is -1.89. The van der Waals surface area contributed by atoms with Gasteiger partial charge in [-0.3, -0.25) is 10.1 Å². The molecule has 2 rings (SSSR count). The van der Waals surface area contributed by atoms with Crippen LogP contribution in [0.1, 0.15) is 19.8 Å². The zero-order valence-electron chi connectivity index (χ0n) is 11.8. The Balaban J connectivity index is 2.45. The van der Waals surface area contributed by atoms with Crippen LogP contribution < -0.4 is 15.4 Å². The lowest BCUT2D eigenvalue weighted by atomic mass is 9.90. The summed E-state index contributed by atoms with van der Waals surface area (Å²) in [6, 6.07) is 3.02. The summed E-state index contributed by atoms with van der Waals surface area (Å²) in [5, 5.41) is 11.2. The molecule has 2 heterocycles. The van der Waals surface area contributed by atoms with Crippen LogP contribution in [0.25, 0.3) is 0 Å². The normalized spacial score (nSPS) is 22.6. The van der Waals surface area contributed by atoms with Gasteiger partial charge in [0, 0.05) is 31.3 Å². The minimum Gasteiger partial charge on any atom is -0.481 e. The molecule has 1 aromatic heterocycles.